The topological polar surface area (TPSA) is 33.5 Å². The van der Waals surface area contributed by atoms with E-state index < -0.39 is 0 Å². The fourth-order valence-electron chi connectivity index (χ4n) is 3.15. The van der Waals surface area contributed by atoms with Crippen molar-refractivity contribution in [3.63, 3.8) is 0 Å². The zero-order chi connectivity index (χ0) is 14.5. The average Bonchev–Trinajstić information content (AvgIpc) is 2.91. The van der Waals surface area contributed by atoms with Gasteiger partial charge in [0.05, 0.1) is 6.61 Å². The maximum absolute atomic E-state index is 5.81. The Morgan fingerprint density at radius 3 is 2.76 bits per heavy atom. The van der Waals surface area contributed by atoms with E-state index in [9.17, 15) is 0 Å². The lowest BCUT2D eigenvalue weighted by Gasteiger charge is -2.32. The third kappa shape index (κ3) is 4.20. The minimum atomic E-state index is 0.796. The number of aryl methyl sites for hydroxylation is 2. The van der Waals surface area contributed by atoms with Crippen molar-refractivity contribution < 1.29 is 4.74 Å². The van der Waals surface area contributed by atoms with Crippen LogP contribution in [0.15, 0.2) is 6.07 Å². The predicted octanol–water partition coefficient (Wildman–Crippen LogP) is 1.63. The minimum Gasteiger partial charge on any atom is -0.477 e. The van der Waals surface area contributed by atoms with Crippen molar-refractivity contribution in [3.05, 3.63) is 11.8 Å². The van der Waals surface area contributed by atoms with Gasteiger partial charge in [-0.1, -0.05) is 0 Å². The third-order valence-electron chi connectivity index (χ3n) is 4.61. The van der Waals surface area contributed by atoms with Crippen LogP contribution >= 0.6 is 0 Å². The van der Waals surface area contributed by atoms with Gasteiger partial charge in [0.25, 0.3) is 0 Å². The summed E-state index contributed by atoms with van der Waals surface area (Å²) in [6.45, 7) is 7.90. The molecule has 21 heavy (non-hydrogen) atoms. The van der Waals surface area contributed by atoms with Crippen LogP contribution in [0.4, 0.5) is 0 Å². The van der Waals surface area contributed by atoms with Crippen LogP contribution in [0.1, 0.15) is 31.4 Å². The van der Waals surface area contributed by atoms with E-state index in [4.69, 9.17) is 4.74 Å². The summed E-state index contributed by atoms with van der Waals surface area (Å²) in [7, 11) is 2.20. The highest BCUT2D eigenvalue weighted by Crippen LogP contribution is 2.19. The van der Waals surface area contributed by atoms with Gasteiger partial charge >= 0.3 is 0 Å². The van der Waals surface area contributed by atoms with Crippen LogP contribution in [0.5, 0.6) is 5.88 Å². The second kappa shape index (κ2) is 7.27. The van der Waals surface area contributed by atoms with E-state index in [1.54, 1.807) is 0 Å². The molecule has 3 heterocycles. The number of piperazine rings is 1. The van der Waals surface area contributed by atoms with E-state index >= 15 is 0 Å². The molecule has 0 radical (unpaired) electrons. The van der Waals surface area contributed by atoms with E-state index in [0.717, 1.165) is 31.9 Å². The lowest BCUT2D eigenvalue weighted by atomic mass is 10.1. The van der Waals surface area contributed by atoms with Crippen molar-refractivity contribution in [1.82, 2.24) is 19.6 Å². The Hall–Kier alpha value is -1.07. The van der Waals surface area contributed by atoms with Gasteiger partial charge in [0.1, 0.15) is 0 Å². The second-order valence-corrected chi connectivity index (χ2v) is 6.35. The summed E-state index contributed by atoms with van der Waals surface area (Å²) >= 11 is 0. The van der Waals surface area contributed by atoms with E-state index in [1.807, 2.05) is 0 Å². The third-order valence-corrected chi connectivity index (χ3v) is 4.61. The summed E-state index contributed by atoms with van der Waals surface area (Å²) in [5.41, 5.74) is 1.34. The zero-order valence-corrected chi connectivity index (χ0v) is 13.3. The molecule has 0 saturated carbocycles. The number of aromatic nitrogens is 2. The zero-order valence-electron chi connectivity index (χ0n) is 13.3. The molecular weight excluding hydrogens is 264 g/mol. The van der Waals surface area contributed by atoms with Crippen LogP contribution in [0.2, 0.25) is 0 Å². The monoisotopic (exact) mass is 292 g/mol. The molecule has 5 nitrogen and oxygen atoms in total. The van der Waals surface area contributed by atoms with Gasteiger partial charge in [-0.3, -0.25) is 4.68 Å². The molecule has 1 aromatic heterocycles. The summed E-state index contributed by atoms with van der Waals surface area (Å²) in [6.07, 6.45) is 6.03. The van der Waals surface area contributed by atoms with Crippen LogP contribution in [0.3, 0.4) is 0 Å². The normalized spacial score (nSPS) is 20.4. The van der Waals surface area contributed by atoms with E-state index in [-0.39, 0.29) is 0 Å². The minimum absolute atomic E-state index is 0.796. The van der Waals surface area contributed by atoms with Crippen molar-refractivity contribution in [1.29, 1.82) is 0 Å². The Balaban J connectivity index is 1.30. The quantitative estimate of drug-likeness (QED) is 0.746. The molecule has 0 bridgehead atoms. The fraction of sp³-hybridized carbons (Fsp3) is 0.812. The highest BCUT2D eigenvalue weighted by atomic mass is 16.5. The number of hydrogen-bond acceptors (Lipinski definition) is 4. The van der Waals surface area contributed by atoms with Gasteiger partial charge in [-0.05, 0) is 45.7 Å². The van der Waals surface area contributed by atoms with E-state index in [2.05, 4.69) is 32.7 Å². The second-order valence-electron chi connectivity index (χ2n) is 6.35. The first-order valence-corrected chi connectivity index (χ1v) is 8.42. The highest BCUT2D eigenvalue weighted by molar-refractivity contribution is 5.16. The number of unbranched alkanes of at least 4 members (excludes halogenated alkanes) is 1. The summed E-state index contributed by atoms with van der Waals surface area (Å²) in [5.74, 6) is 0.825. The predicted molar refractivity (Wildman–Crippen MR) is 83.8 cm³/mol. The summed E-state index contributed by atoms with van der Waals surface area (Å²) in [6, 6.07) is 2.12. The maximum atomic E-state index is 5.81. The van der Waals surface area contributed by atoms with Crippen molar-refractivity contribution >= 4 is 0 Å². The molecule has 0 unspecified atom stereocenters. The van der Waals surface area contributed by atoms with E-state index in [1.165, 1.54) is 57.7 Å². The molecular formula is C16H28N4O. The first-order valence-electron chi connectivity index (χ1n) is 8.42. The number of nitrogens with zero attached hydrogens (tertiary/aromatic N) is 4. The number of rotatable bonds is 6. The van der Waals surface area contributed by atoms with Gasteiger partial charge in [0.15, 0.2) is 0 Å². The molecule has 1 fully saturated rings. The Kier molecular flexibility index (Phi) is 5.14. The van der Waals surface area contributed by atoms with E-state index in [0.29, 0.717) is 0 Å². The Labute approximate surface area is 127 Å². The Morgan fingerprint density at radius 2 is 1.95 bits per heavy atom. The smallest absolute Gasteiger partial charge is 0.232 e. The average molecular weight is 292 g/mol. The van der Waals surface area contributed by atoms with Crippen molar-refractivity contribution in [2.75, 3.05) is 46.4 Å². The molecule has 0 amide bonds. The van der Waals surface area contributed by atoms with Gasteiger partial charge in [-0.25, -0.2) is 0 Å². The lowest BCUT2D eigenvalue weighted by molar-refractivity contribution is 0.149. The molecule has 5 heteroatoms. The summed E-state index contributed by atoms with van der Waals surface area (Å²) < 4.78 is 7.92. The van der Waals surface area contributed by atoms with Crippen LogP contribution in [0.25, 0.3) is 0 Å². The van der Waals surface area contributed by atoms with Gasteiger partial charge in [0, 0.05) is 44.5 Å². The van der Waals surface area contributed by atoms with Crippen LogP contribution < -0.4 is 4.74 Å². The van der Waals surface area contributed by atoms with Crippen molar-refractivity contribution in [2.45, 2.75) is 38.6 Å². The molecule has 0 aromatic carbocycles. The number of likely N-dealkylation sites (N-methyl/N-ethyl adjacent to an activating group) is 1. The highest BCUT2D eigenvalue weighted by Gasteiger charge is 2.14. The van der Waals surface area contributed by atoms with Crippen LogP contribution in [-0.4, -0.2) is 66.0 Å². The van der Waals surface area contributed by atoms with Gasteiger partial charge in [-0.2, -0.15) is 0 Å². The molecule has 0 N–H and O–H groups in total. The lowest BCUT2D eigenvalue weighted by Crippen LogP contribution is -2.44. The molecule has 0 atom stereocenters. The van der Waals surface area contributed by atoms with Crippen LogP contribution in [0, 0.1) is 0 Å². The van der Waals surface area contributed by atoms with Crippen molar-refractivity contribution in [3.8, 4) is 5.88 Å². The summed E-state index contributed by atoms with van der Waals surface area (Å²) in [5, 5.41) is 4.53. The van der Waals surface area contributed by atoms with Crippen molar-refractivity contribution in [2.24, 2.45) is 0 Å². The standard InChI is InChI=1S/C16H28N4O/c1-18-9-11-19(12-10-18)7-4-5-13-21-16-14-15-6-2-3-8-20(15)17-16/h14H,2-13H2,1H3. The molecule has 3 rings (SSSR count). The maximum Gasteiger partial charge on any atom is 0.232 e. The molecule has 2 aliphatic heterocycles. The summed E-state index contributed by atoms with van der Waals surface area (Å²) in [4.78, 5) is 4.97. The molecule has 118 valence electrons. The molecule has 1 saturated heterocycles. The number of hydrogen-bond donors (Lipinski definition) is 0. The molecule has 0 aliphatic carbocycles. The largest absolute Gasteiger partial charge is 0.477 e. The first kappa shape index (κ1) is 14.9. The number of fused-ring (bicyclic) bond motifs is 1. The molecule has 1 aromatic rings. The molecule has 2 aliphatic rings. The Bertz CT molecular complexity index is 414. The fourth-order valence-corrected chi connectivity index (χ4v) is 3.15. The van der Waals surface area contributed by atoms with Gasteiger partial charge < -0.3 is 14.5 Å². The SMILES string of the molecule is CN1CCN(CCCCOc2cc3n(n2)CCCC3)CC1. The van der Waals surface area contributed by atoms with Gasteiger partial charge in [-0.15, -0.1) is 5.10 Å². The molecule has 0 spiro atoms. The number of ether oxygens (including phenoxy) is 1. The first-order chi connectivity index (χ1) is 10.3. The van der Waals surface area contributed by atoms with Crippen LogP contribution in [-0.2, 0) is 13.0 Å². The Morgan fingerprint density at radius 1 is 1.10 bits per heavy atom. The van der Waals surface area contributed by atoms with Gasteiger partial charge in [0.2, 0.25) is 5.88 Å².